The van der Waals surface area contributed by atoms with Gasteiger partial charge in [-0.25, -0.2) is 0 Å². The van der Waals surface area contributed by atoms with Crippen LogP contribution in [0.1, 0.15) is 16.7 Å². The first-order valence-corrected chi connectivity index (χ1v) is 12.9. The summed E-state index contributed by atoms with van der Waals surface area (Å²) in [6, 6.07) is 18.5. The molecule has 0 N–H and O–H groups in total. The van der Waals surface area contributed by atoms with Crippen molar-refractivity contribution in [2.45, 2.75) is 13.2 Å². The Morgan fingerprint density at radius 2 is 1.85 bits per heavy atom. The van der Waals surface area contributed by atoms with Crippen LogP contribution in [-0.2, 0) is 17.9 Å². The number of nitrogens with zero attached hydrogens (tertiary/aromatic N) is 1. The first kappa shape index (κ1) is 25.1. The van der Waals surface area contributed by atoms with E-state index in [-0.39, 0.29) is 5.91 Å². The second kappa shape index (κ2) is 11.1. The van der Waals surface area contributed by atoms with Crippen LogP contribution >= 0.6 is 63.1 Å². The molecule has 4 rings (SSSR count). The highest BCUT2D eigenvalue weighted by atomic mass is 79.9. The molecule has 3 aromatic rings. The number of carbonyl (C=O) groups excluding carboxylic acids is 1. The quantitative estimate of drug-likeness (QED) is 0.207. The number of hydrogen-bond donors (Lipinski definition) is 0. The van der Waals surface area contributed by atoms with Gasteiger partial charge in [0.15, 0.2) is 0 Å². The zero-order chi connectivity index (χ0) is 24.2. The third-order valence-corrected chi connectivity index (χ3v) is 7.61. The minimum atomic E-state index is -0.111. The normalized spacial score (nSPS) is 14.7. The fraction of sp³-hybridized carbons (Fsp3) is 0.120. The number of benzene rings is 3. The summed E-state index contributed by atoms with van der Waals surface area (Å²) in [5, 5.41) is 1.13. The Bertz CT molecular complexity index is 1280. The summed E-state index contributed by atoms with van der Waals surface area (Å²) in [5.41, 5.74) is 2.67. The summed E-state index contributed by atoms with van der Waals surface area (Å²) < 4.78 is 12.4. The van der Waals surface area contributed by atoms with Crippen LogP contribution in [0.5, 0.6) is 11.5 Å². The smallest absolute Gasteiger partial charge is 0.266 e. The third kappa shape index (κ3) is 5.96. The van der Waals surface area contributed by atoms with Crippen LogP contribution in [0.15, 0.2) is 70.0 Å². The second-order valence-corrected chi connectivity index (χ2v) is 10.7. The molecule has 0 atom stereocenters. The Balaban J connectivity index is 1.44. The monoisotopic (exact) mass is 593 g/mol. The van der Waals surface area contributed by atoms with Crippen LogP contribution in [0.2, 0.25) is 10.0 Å². The number of rotatable bonds is 7. The predicted octanol–water partition coefficient (Wildman–Crippen LogP) is 7.74. The van der Waals surface area contributed by atoms with E-state index in [0.29, 0.717) is 38.2 Å². The lowest BCUT2D eigenvalue weighted by Crippen LogP contribution is -2.27. The van der Waals surface area contributed by atoms with Gasteiger partial charge in [0, 0.05) is 15.6 Å². The molecule has 0 spiro atoms. The zero-order valence-corrected chi connectivity index (χ0v) is 22.6. The fourth-order valence-electron chi connectivity index (χ4n) is 3.22. The van der Waals surface area contributed by atoms with Gasteiger partial charge in [-0.1, -0.05) is 71.4 Å². The maximum atomic E-state index is 13.0. The Morgan fingerprint density at radius 1 is 1.09 bits per heavy atom. The molecule has 34 heavy (non-hydrogen) atoms. The molecule has 1 aliphatic heterocycles. The first-order valence-electron chi connectivity index (χ1n) is 10.1. The van der Waals surface area contributed by atoms with E-state index >= 15 is 0 Å². The van der Waals surface area contributed by atoms with Crippen molar-refractivity contribution in [1.82, 2.24) is 4.90 Å². The van der Waals surface area contributed by atoms with Gasteiger partial charge in [-0.2, -0.15) is 0 Å². The SMILES string of the molecule is COc1ccc(CN2C(=O)C(=Cc3ccc(OCc4ccc(Cl)cc4Cl)c(Br)c3)SC2=S)cc1. The van der Waals surface area contributed by atoms with Crippen LogP contribution in [0.25, 0.3) is 6.08 Å². The van der Waals surface area contributed by atoms with Crippen LogP contribution in [0, 0.1) is 0 Å². The summed E-state index contributed by atoms with van der Waals surface area (Å²) in [7, 11) is 1.62. The largest absolute Gasteiger partial charge is 0.497 e. The topological polar surface area (TPSA) is 38.8 Å². The highest BCUT2D eigenvalue weighted by Gasteiger charge is 2.32. The third-order valence-electron chi connectivity index (χ3n) is 5.03. The standard InChI is InChI=1S/C25H18BrCl2NO3S2/c1-31-19-7-2-15(3-8-19)13-29-24(30)23(34-25(29)33)11-16-4-9-22(20(26)10-16)32-14-17-5-6-18(27)12-21(17)28/h2-12H,13-14H2,1H3. The minimum absolute atomic E-state index is 0.111. The highest BCUT2D eigenvalue weighted by Crippen LogP contribution is 2.35. The van der Waals surface area contributed by atoms with E-state index in [1.165, 1.54) is 11.8 Å². The van der Waals surface area contributed by atoms with Gasteiger partial charge in [0.2, 0.25) is 0 Å². The molecular weight excluding hydrogens is 577 g/mol. The average Bonchev–Trinajstić information content (AvgIpc) is 3.07. The molecule has 4 nitrogen and oxygen atoms in total. The number of ether oxygens (including phenoxy) is 2. The molecular formula is C25H18BrCl2NO3S2. The lowest BCUT2D eigenvalue weighted by molar-refractivity contribution is -0.122. The molecule has 0 saturated carbocycles. The number of hydrogen-bond acceptors (Lipinski definition) is 5. The van der Waals surface area contributed by atoms with E-state index in [4.69, 9.17) is 44.9 Å². The lowest BCUT2D eigenvalue weighted by atomic mass is 10.2. The molecule has 174 valence electrons. The minimum Gasteiger partial charge on any atom is -0.497 e. The van der Waals surface area contributed by atoms with E-state index in [2.05, 4.69) is 15.9 Å². The molecule has 0 radical (unpaired) electrons. The van der Waals surface area contributed by atoms with Crippen molar-refractivity contribution in [3.8, 4) is 11.5 Å². The van der Waals surface area contributed by atoms with Crippen molar-refractivity contribution >= 4 is 79.4 Å². The van der Waals surface area contributed by atoms with E-state index in [9.17, 15) is 4.79 Å². The van der Waals surface area contributed by atoms with Gasteiger partial charge in [-0.15, -0.1) is 0 Å². The summed E-state index contributed by atoms with van der Waals surface area (Å²) in [5.74, 6) is 1.32. The van der Waals surface area contributed by atoms with E-state index in [1.807, 2.05) is 54.6 Å². The van der Waals surface area contributed by atoms with E-state index < -0.39 is 0 Å². The number of thioether (sulfide) groups is 1. The number of methoxy groups -OCH3 is 1. The van der Waals surface area contributed by atoms with Gasteiger partial charge in [-0.05, 0) is 69.5 Å². The maximum absolute atomic E-state index is 13.0. The number of halogens is 3. The van der Waals surface area contributed by atoms with E-state index in [0.717, 1.165) is 26.9 Å². The maximum Gasteiger partial charge on any atom is 0.266 e. The molecule has 9 heteroatoms. The molecule has 1 saturated heterocycles. The van der Waals surface area contributed by atoms with Crippen molar-refractivity contribution in [3.05, 3.63) is 96.8 Å². The molecule has 0 bridgehead atoms. The van der Waals surface area contributed by atoms with Gasteiger partial charge in [0.05, 0.1) is 23.0 Å². The van der Waals surface area contributed by atoms with E-state index in [1.54, 1.807) is 24.1 Å². The highest BCUT2D eigenvalue weighted by molar-refractivity contribution is 9.10. The molecule has 1 heterocycles. The number of thiocarbonyl (C=S) groups is 1. The molecule has 0 unspecified atom stereocenters. The fourth-order valence-corrected chi connectivity index (χ4v) is 5.45. The first-order chi connectivity index (χ1) is 16.3. The van der Waals surface area contributed by atoms with Crippen LogP contribution in [-0.4, -0.2) is 22.2 Å². The summed E-state index contributed by atoms with van der Waals surface area (Å²) in [4.78, 5) is 15.2. The van der Waals surface area contributed by atoms with Gasteiger partial charge < -0.3 is 9.47 Å². The zero-order valence-electron chi connectivity index (χ0n) is 17.9. The Labute approximate surface area is 226 Å². The van der Waals surface area contributed by atoms with Gasteiger partial charge >= 0.3 is 0 Å². The average molecular weight is 595 g/mol. The van der Waals surface area contributed by atoms with Crippen LogP contribution < -0.4 is 9.47 Å². The predicted molar refractivity (Wildman–Crippen MR) is 147 cm³/mol. The van der Waals surface area contributed by atoms with Crippen LogP contribution in [0.3, 0.4) is 0 Å². The molecule has 3 aromatic carbocycles. The summed E-state index contributed by atoms with van der Waals surface area (Å²) >= 11 is 22.5. The van der Waals surface area contributed by atoms with Gasteiger partial charge in [0.1, 0.15) is 22.4 Å². The van der Waals surface area contributed by atoms with Gasteiger partial charge in [0.25, 0.3) is 5.91 Å². The Hall–Kier alpha value is -2.03. The number of carbonyl (C=O) groups is 1. The summed E-state index contributed by atoms with van der Waals surface area (Å²) in [6.07, 6.45) is 1.83. The van der Waals surface area contributed by atoms with Crippen LogP contribution in [0.4, 0.5) is 0 Å². The molecule has 0 aliphatic carbocycles. The molecule has 1 amide bonds. The summed E-state index contributed by atoms with van der Waals surface area (Å²) in [6.45, 7) is 0.716. The molecule has 1 aliphatic rings. The van der Waals surface area contributed by atoms with Crippen molar-refractivity contribution < 1.29 is 14.3 Å². The Morgan fingerprint density at radius 3 is 2.53 bits per heavy atom. The van der Waals surface area contributed by atoms with Crippen molar-refractivity contribution in [2.24, 2.45) is 0 Å². The van der Waals surface area contributed by atoms with Crippen molar-refractivity contribution in [1.29, 1.82) is 0 Å². The lowest BCUT2D eigenvalue weighted by Gasteiger charge is -2.14. The van der Waals surface area contributed by atoms with Crippen molar-refractivity contribution in [3.63, 3.8) is 0 Å². The number of amides is 1. The Kier molecular flexibility index (Phi) is 8.22. The van der Waals surface area contributed by atoms with Crippen molar-refractivity contribution in [2.75, 3.05) is 7.11 Å². The van der Waals surface area contributed by atoms with Gasteiger partial charge in [-0.3, -0.25) is 9.69 Å². The molecule has 0 aromatic heterocycles. The second-order valence-electron chi connectivity index (χ2n) is 7.33. The molecule has 1 fully saturated rings.